The summed E-state index contributed by atoms with van der Waals surface area (Å²) in [4.78, 5) is 11.8. The van der Waals surface area contributed by atoms with Gasteiger partial charge in [-0.3, -0.25) is 4.79 Å². The summed E-state index contributed by atoms with van der Waals surface area (Å²) in [5.41, 5.74) is 0.939. The number of hydrogen-bond acceptors (Lipinski definition) is 5. The summed E-state index contributed by atoms with van der Waals surface area (Å²) >= 11 is 1.50. The van der Waals surface area contributed by atoms with Crippen molar-refractivity contribution in [2.45, 2.75) is 17.7 Å². The number of nitrogens with one attached hydrogen (secondary N) is 1. The minimum atomic E-state index is -1.02. The molecule has 0 spiro atoms. The summed E-state index contributed by atoms with van der Waals surface area (Å²) in [7, 11) is 1.87. The molecule has 0 radical (unpaired) electrons. The van der Waals surface area contributed by atoms with Gasteiger partial charge in [0.1, 0.15) is 12.4 Å². The zero-order valence-corrected chi connectivity index (χ0v) is 12.6. The Hall–Kier alpha value is -1.86. The minimum Gasteiger partial charge on any atom is -0.383 e. The summed E-state index contributed by atoms with van der Waals surface area (Å²) in [5, 5.41) is 21.1. The lowest BCUT2D eigenvalue weighted by molar-refractivity contribution is -0.129. The van der Waals surface area contributed by atoms with Gasteiger partial charge >= 0.3 is 0 Å². The Bertz CT molecular complexity index is 573. The topological polar surface area (TPSA) is 80.0 Å². The summed E-state index contributed by atoms with van der Waals surface area (Å²) in [6, 6.07) is 9.45. The average Bonchev–Trinajstić information content (AvgIpc) is 2.90. The van der Waals surface area contributed by atoms with E-state index < -0.39 is 6.10 Å². The number of aryl methyl sites for hydroxylation is 1. The third kappa shape index (κ3) is 4.87. The molecule has 2 rings (SSSR count). The smallest absolute Gasteiger partial charge is 0.249 e. The Labute approximate surface area is 127 Å². The van der Waals surface area contributed by atoms with E-state index in [1.54, 1.807) is 6.33 Å². The minimum absolute atomic E-state index is 0.323. The molecule has 2 aromatic rings. The highest BCUT2D eigenvalue weighted by Crippen LogP contribution is 2.11. The van der Waals surface area contributed by atoms with Crippen LogP contribution in [0.15, 0.2) is 41.8 Å². The number of aromatic nitrogens is 3. The standard InChI is InChI=1S/C14H18N4O2S/c1-18-10-16-17-14(18)21-8-7-15-13(20)12(19)9-11-5-3-2-4-6-11/h2-6,10,12,19H,7-9H2,1H3,(H,15,20)/t12-/m0/s1. The Morgan fingerprint density at radius 1 is 1.43 bits per heavy atom. The molecule has 1 aromatic heterocycles. The van der Waals surface area contributed by atoms with Crippen molar-refractivity contribution in [1.29, 1.82) is 0 Å². The van der Waals surface area contributed by atoms with Crippen LogP contribution in [0.5, 0.6) is 0 Å². The molecule has 112 valence electrons. The molecule has 0 saturated heterocycles. The zero-order chi connectivity index (χ0) is 15.1. The third-order valence-corrected chi connectivity index (χ3v) is 3.91. The van der Waals surface area contributed by atoms with E-state index in [-0.39, 0.29) is 5.91 Å². The molecule has 0 unspecified atom stereocenters. The summed E-state index contributed by atoms with van der Waals surface area (Å²) in [6.07, 6.45) is 0.931. The third-order valence-electron chi connectivity index (χ3n) is 2.88. The van der Waals surface area contributed by atoms with E-state index in [2.05, 4.69) is 15.5 Å². The van der Waals surface area contributed by atoms with Crippen LogP contribution in [0.4, 0.5) is 0 Å². The first kappa shape index (κ1) is 15.5. The van der Waals surface area contributed by atoms with Gasteiger partial charge in [-0.05, 0) is 5.56 Å². The Morgan fingerprint density at radius 3 is 2.86 bits per heavy atom. The predicted octanol–water partition coefficient (Wildman–Crippen LogP) is 0.627. The first-order chi connectivity index (χ1) is 10.2. The number of carbonyl (C=O) groups excluding carboxylic acids is 1. The van der Waals surface area contributed by atoms with Crippen molar-refractivity contribution in [1.82, 2.24) is 20.1 Å². The molecule has 0 bridgehead atoms. The van der Waals surface area contributed by atoms with Crippen molar-refractivity contribution in [3.63, 3.8) is 0 Å². The summed E-state index contributed by atoms with van der Waals surface area (Å²) in [6.45, 7) is 0.474. The van der Waals surface area contributed by atoms with Gasteiger partial charge in [0.25, 0.3) is 0 Å². The molecular formula is C14H18N4O2S. The molecule has 21 heavy (non-hydrogen) atoms. The Kier molecular flexibility index (Phi) is 5.77. The molecule has 0 saturated carbocycles. The van der Waals surface area contributed by atoms with Crippen LogP contribution in [0.3, 0.4) is 0 Å². The first-order valence-corrected chi connectivity index (χ1v) is 7.62. The van der Waals surface area contributed by atoms with Crippen LogP contribution in [0.2, 0.25) is 0 Å². The lowest BCUT2D eigenvalue weighted by Gasteiger charge is -2.11. The van der Waals surface area contributed by atoms with Gasteiger partial charge in [0.05, 0.1) is 0 Å². The van der Waals surface area contributed by atoms with Gasteiger partial charge in [0, 0.05) is 25.8 Å². The van der Waals surface area contributed by atoms with E-state index in [9.17, 15) is 9.90 Å². The highest BCUT2D eigenvalue weighted by Gasteiger charge is 2.14. The molecule has 0 aliphatic heterocycles. The van der Waals surface area contributed by atoms with Gasteiger partial charge in [-0.1, -0.05) is 42.1 Å². The molecule has 2 N–H and O–H groups in total. The lowest BCUT2D eigenvalue weighted by atomic mass is 10.1. The van der Waals surface area contributed by atoms with Crippen molar-refractivity contribution in [2.75, 3.05) is 12.3 Å². The lowest BCUT2D eigenvalue weighted by Crippen LogP contribution is -2.37. The van der Waals surface area contributed by atoms with Gasteiger partial charge in [0.2, 0.25) is 5.91 Å². The maximum absolute atomic E-state index is 11.8. The second kappa shape index (κ2) is 7.80. The fourth-order valence-electron chi connectivity index (χ4n) is 1.77. The van der Waals surface area contributed by atoms with Crippen molar-refractivity contribution < 1.29 is 9.90 Å². The first-order valence-electron chi connectivity index (χ1n) is 6.63. The average molecular weight is 306 g/mol. The number of amides is 1. The molecule has 0 aliphatic rings. The van der Waals surface area contributed by atoms with Crippen LogP contribution < -0.4 is 5.32 Å². The monoisotopic (exact) mass is 306 g/mol. The quantitative estimate of drug-likeness (QED) is 0.579. The van der Waals surface area contributed by atoms with Gasteiger partial charge in [0.15, 0.2) is 5.16 Å². The van der Waals surface area contributed by atoms with Crippen molar-refractivity contribution in [2.24, 2.45) is 7.05 Å². The fourth-order valence-corrected chi connectivity index (χ4v) is 2.51. The number of carbonyl (C=O) groups is 1. The second-order valence-electron chi connectivity index (χ2n) is 4.57. The molecule has 1 atom stereocenters. The highest BCUT2D eigenvalue weighted by molar-refractivity contribution is 7.99. The maximum atomic E-state index is 11.8. The number of benzene rings is 1. The fraction of sp³-hybridized carbons (Fsp3) is 0.357. The molecule has 6 nitrogen and oxygen atoms in total. The van der Waals surface area contributed by atoms with Crippen LogP contribution in [-0.4, -0.2) is 44.2 Å². The van der Waals surface area contributed by atoms with Crippen LogP contribution in [0, 0.1) is 0 Å². The van der Waals surface area contributed by atoms with E-state index in [1.165, 1.54) is 11.8 Å². The number of aliphatic hydroxyl groups excluding tert-OH is 1. The van der Waals surface area contributed by atoms with E-state index in [0.717, 1.165) is 10.7 Å². The van der Waals surface area contributed by atoms with Gasteiger partial charge in [-0.25, -0.2) is 0 Å². The van der Waals surface area contributed by atoms with Gasteiger partial charge in [-0.2, -0.15) is 0 Å². The maximum Gasteiger partial charge on any atom is 0.249 e. The van der Waals surface area contributed by atoms with E-state index >= 15 is 0 Å². The van der Waals surface area contributed by atoms with E-state index in [1.807, 2.05) is 41.9 Å². The Balaban J connectivity index is 1.68. The van der Waals surface area contributed by atoms with Crippen molar-refractivity contribution in [3.05, 3.63) is 42.2 Å². The predicted molar refractivity (Wildman–Crippen MR) is 80.9 cm³/mol. The molecule has 1 aromatic carbocycles. The van der Waals surface area contributed by atoms with Crippen LogP contribution in [0.25, 0.3) is 0 Å². The SMILES string of the molecule is Cn1cnnc1SCCNC(=O)[C@@H](O)Cc1ccccc1. The normalized spacial score (nSPS) is 12.1. The van der Waals surface area contributed by atoms with E-state index in [4.69, 9.17) is 0 Å². The largest absolute Gasteiger partial charge is 0.383 e. The summed E-state index contributed by atoms with van der Waals surface area (Å²) < 4.78 is 1.82. The number of aliphatic hydroxyl groups is 1. The van der Waals surface area contributed by atoms with Crippen molar-refractivity contribution in [3.8, 4) is 0 Å². The Morgan fingerprint density at radius 2 is 2.19 bits per heavy atom. The summed E-state index contributed by atoms with van der Waals surface area (Å²) in [5.74, 6) is 0.327. The van der Waals surface area contributed by atoms with Crippen LogP contribution in [-0.2, 0) is 18.3 Å². The van der Waals surface area contributed by atoms with Gasteiger partial charge in [-0.15, -0.1) is 10.2 Å². The van der Waals surface area contributed by atoms with Crippen molar-refractivity contribution >= 4 is 17.7 Å². The van der Waals surface area contributed by atoms with Crippen LogP contribution in [0.1, 0.15) is 5.56 Å². The number of thioether (sulfide) groups is 1. The van der Waals surface area contributed by atoms with Gasteiger partial charge < -0.3 is 15.0 Å². The van der Waals surface area contributed by atoms with E-state index in [0.29, 0.717) is 18.7 Å². The molecule has 1 amide bonds. The second-order valence-corrected chi connectivity index (χ2v) is 5.63. The molecular weight excluding hydrogens is 288 g/mol. The highest BCUT2D eigenvalue weighted by atomic mass is 32.2. The molecule has 0 aliphatic carbocycles. The number of nitrogens with zero attached hydrogens (tertiary/aromatic N) is 3. The zero-order valence-electron chi connectivity index (χ0n) is 11.8. The molecule has 1 heterocycles. The molecule has 7 heteroatoms. The number of hydrogen-bond donors (Lipinski definition) is 2. The molecule has 0 fully saturated rings. The number of rotatable bonds is 7. The van der Waals surface area contributed by atoms with Crippen LogP contribution >= 0.6 is 11.8 Å².